The summed E-state index contributed by atoms with van der Waals surface area (Å²) in [4.78, 5) is 25.3. The lowest BCUT2D eigenvalue weighted by Gasteiger charge is -2.22. The number of nitrogens with zero attached hydrogens (tertiary/aromatic N) is 4. The van der Waals surface area contributed by atoms with E-state index < -0.39 is 0 Å². The van der Waals surface area contributed by atoms with Gasteiger partial charge in [-0.15, -0.1) is 0 Å². The van der Waals surface area contributed by atoms with Crippen molar-refractivity contribution in [2.75, 3.05) is 11.9 Å². The number of fused-ring (bicyclic) bond motifs is 1. The maximum atomic E-state index is 12.1. The number of benzene rings is 1. The van der Waals surface area contributed by atoms with Crippen LogP contribution >= 0.6 is 0 Å². The molecule has 28 heavy (non-hydrogen) atoms. The molecule has 0 aliphatic heterocycles. The molecule has 7 heteroatoms. The maximum Gasteiger partial charge on any atom is 0.220 e. The van der Waals surface area contributed by atoms with E-state index in [1.165, 1.54) is 19.3 Å². The van der Waals surface area contributed by atoms with Gasteiger partial charge in [-0.1, -0.05) is 37.5 Å². The molecule has 2 N–H and O–H groups in total. The Morgan fingerprint density at radius 3 is 2.71 bits per heavy atom. The normalized spacial score (nSPS) is 14.9. The van der Waals surface area contributed by atoms with Crippen molar-refractivity contribution in [1.82, 2.24) is 24.8 Å². The van der Waals surface area contributed by atoms with Crippen LogP contribution < -0.4 is 10.6 Å². The lowest BCUT2D eigenvalue weighted by atomic mass is 9.95. The molecule has 1 aromatic carbocycles. The molecule has 1 saturated carbocycles. The summed E-state index contributed by atoms with van der Waals surface area (Å²) in [6.07, 6.45) is 10.6. The number of carbonyl (C=O) groups excluding carboxylic acids is 1. The van der Waals surface area contributed by atoms with Gasteiger partial charge in [0.2, 0.25) is 5.91 Å². The first kappa shape index (κ1) is 18.4. The first-order chi connectivity index (χ1) is 13.8. The number of hydrogen-bond donors (Lipinski definition) is 2. The molecule has 4 rings (SSSR count). The van der Waals surface area contributed by atoms with Gasteiger partial charge in [0.1, 0.15) is 12.7 Å². The molecule has 0 spiro atoms. The van der Waals surface area contributed by atoms with Gasteiger partial charge in [0, 0.05) is 24.7 Å². The average molecular weight is 378 g/mol. The monoisotopic (exact) mass is 378 g/mol. The molecule has 0 radical (unpaired) electrons. The number of amides is 1. The predicted octanol–water partition coefficient (Wildman–Crippen LogP) is 3.46. The summed E-state index contributed by atoms with van der Waals surface area (Å²) in [6.45, 7) is 0.669. The minimum atomic E-state index is 0.148. The summed E-state index contributed by atoms with van der Waals surface area (Å²) < 4.78 is 1.94. The standard InChI is InChI=1S/C21H26N6O/c28-18(26-16-8-3-1-4-9-16)12-7-13-22-20-19-21(24-14-23-20)27(15-25-19)17-10-5-2-6-11-17/h2,5-6,10-11,14-16H,1,3-4,7-9,12-13H2,(H,26,28)(H,22,23,24). The van der Waals surface area contributed by atoms with E-state index in [4.69, 9.17) is 0 Å². The molecule has 0 atom stereocenters. The van der Waals surface area contributed by atoms with E-state index in [2.05, 4.69) is 25.6 Å². The molecule has 2 aromatic heterocycles. The number of anilines is 1. The third-order valence-corrected chi connectivity index (χ3v) is 5.21. The van der Waals surface area contributed by atoms with Gasteiger partial charge in [-0.3, -0.25) is 9.36 Å². The Labute approximate surface area is 164 Å². The molecule has 146 valence electrons. The molecule has 0 unspecified atom stereocenters. The van der Waals surface area contributed by atoms with Gasteiger partial charge in [0.05, 0.1) is 0 Å². The lowest BCUT2D eigenvalue weighted by molar-refractivity contribution is -0.122. The van der Waals surface area contributed by atoms with Crippen molar-refractivity contribution < 1.29 is 4.79 Å². The molecule has 1 fully saturated rings. The molecule has 3 aromatic rings. The molecule has 7 nitrogen and oxygen atoms in total. The molecule has 2 heterocycles. The zero-order valence-electron chi connectivity index (χ0n) is 16.0. The Morgan fingerprint density at radius 2 is 1.89 bits per heavy atom. The molecular weight excluding hydrogens is 352 g/mol. The topological polar surface area (TPSA) is 84.7 Å². The Morgan fingerprint density at radius 1 is 1.07 bits per heavy atom. The van der Waals surface area contributed by atoms with E-state index in [-0.39, 0.29) is 5.91 Å². The van der Waals surface area contributed by atoms with E-state index in [1.54, 1.807) is 12.7 Å². The molecule has 0 saturated heterocycles. The van der Waals surface area contributed by atoms with Crippen LogP contribution in [0.2, 0.25) is 0 Å². The second-order valence-electron chi connectivity index (χ2n) is 7.28. The Balaban J connectivity index is 1.32. The SMILES string of the molecule is O=C(CCCNc1ncnc2c1ncn2-c1ccccc1)NC1CCCCC1. The van der Waals surface area contributed by atoms with Crippen LogP contribution in [0, 0.1) is 0 Å². The molecule has 1 aliphatic carbocycles. The van der Waals surface area contributed by atoms with Crippen molar-refractivity contribution in [3.63, 3.8) is 0 Å². The highest BCUT2D eigenvalue weighted by molar-refractivity contribution is 5.84. The summed E-state index contributed by atoms with van der Waals surface area (Å²) in [6, 6.07) is 10.4. The van der Waals surface area contributed by atoms with E-state index in [0.29, 0.717) is 24.8 Å². The van der Waals surface area contributed by atoms with Crippen molar-refractivity contribution in [2.24, 2.45) is 0 Å². The third kappa shape index (κ3) is 4.30. The van der Waals surface area contributed by atoms with Crippen molar-refractivity contribution >= 4 is 22.9 Å². The summed E-state index contributed by atoms with van der Waals surface area (Å²) in [5.41, 5.74) is 2.51. The van der Waals surface area contributed by atoms with Gasteiger partial charge in [-0.25, -0.2) is 15.0 Å². The number of aromatic nitrogens is 4. The third-order valence-electron chi connectivity index (χ3n) is 5.21. The van der Waals surface area contributed by atoms with Crippen LogP contribution in [0.5, 0.6) is 0 Å². The highest BCUT2D eigenvalue weighted by atomic mass is 16.1. The van der Waals surface area contributed by atoms with Gasteiger partial charge in [-0.05, 0) is 31.4 Å². The van der Waals surface area contributed by atoms with Crippen molar-refractivity contribution in [1.29, 1.82) is 0 Å². The summed E-state index contributed by atoms with van der Waals surface area (Å²) in [5, 5.41) is 6.47. The minimum absolute atomic E-state index is 0.148. The van der Waals surface area contributed by atoms with Crippen LogP contribution in [0.4, 0.5) is 5.82 Å². The number of carbonyl (C=O) groups is 1. The smallest absolute Gasteiger partial charge is 0.220 e. The minimum Gasteiger partial charge on any atom is -0.368 e. The quantitative estimate of drug-likeness (QED) is 0.615. The van der Waals surface area contributed by atoms with Crippen molar-refractivity contribution in [3.8, 4) is 5.69 Å². The fraction of sp³-hybridized carbons (Fsp3) is 0.429. The van der Waals surface area contributed by atoms with Gasteiger partial charge >= 0.3 is 0 Å². The summed E-state index contributed by atoms with van der Waals surface area (Å²) in [5.74, 6) is 0.849. The van der Waals surface area contributed by atoms with Gasteiger partial charge in [0.15, 0.2) is 17.0 Å². The van der Waals surface area contributed by atoms with Crippen LogP contribution in [-0.2, 0) is 4.79 Å². The first-order valence-corrected chi connectivity index (χ1v) is 10.1. The highest BCUT2D eigenvalue weighted by Gasteiger charge is 2.15. The number of para-hydroxylation sites is 1. The van der Waals surface area contributed by atoms with E-state index >= 15 is 0 Å². The maximum absolute atomic E-state index is 12.1. The van der Waals surface area contributed by atoms with Crippen LogP contribution in [0.3, 0.4) is 0 Å². The first-order valence-electron chi connectivity index (χ1n) is 10.1. The Kier molecular flexibility index (Phi) is 5.80. The van der Waals surface area contributed by atoms with Crippen molar-refractivity contribution in [3.05, 3.63) is 43.0 Å². The Hall–Kier alpha value is -2.96. The van der Waals surface area contributed by atoms with E-state index in [1.807, 2.05) is 34.9 Å². The molecular formula is C21H26N6O. The zero-order valence-corrected chi connectivity index (χ0v) is 16.0. The van der Waals surface area contributed by atoms with Gasteiger partial charge < -0.3 is 10.6 Å². The largest absolute Gasteiger partial charge is 0.368 e. The second kappa shape index (κ2) is 8.82. The Bertz CT molecular complexity index is 917. The highest BCUT2D eigenvalue weighted by Crippen LogP contribution is 2.21. The fourth-order valence-corrected chi connectivity index (χ4v) is 3.74. The van der Waals surface area contributed by atoms with Crippen LogP contribution in [0.25, 0.3) is 16.9 Å². The van der Waals surface area contributed by atoms with Crippen molar-refractivity contribution in [2.45, 2.75) is 51.0 Å². The van der Waals surface area contributed by atoms with Gasteiger partial charge in [-0.2, -0.15) is 0 Å². The summed E-state index contributed by atoms with van der Waals surface area (Å²) in [7, 11) is 0. The van der Waals surface area contributed by atoms with Crippen LogP contribution in [0.1, 0.15) is 44.9 Å². The number of nitrogens with one attached hydrogen (secondary N) is 2. The predicted molar refractivity (Wildman–Crippen MR) is 109 cm³/mol. The number of hydrogen-bond acceptors (Lipinski definition) is 5. The number of rotatable bonds is 7. The van der Waals surface area contributed by atoms with E-state index in [9.17, 15) is 4.79 Å². The second-order valence-corrected chi connectivity index (χ2v) is 7.28. The average Bonchev–Trinajstić information content (AvgIpc) is 3.17. The van der Waals surface area contributed by atoms with Gasteiger partial charge in [0.25, 0.3) is 0 Å². The van der Waals surface area contributed by atoms with Crippen LogP contribution in [0.15, 0.2) is 43.0 Å². The fourth-order valence-electron chi connectivity index (χ4n) is 3.74. The number of imidazole rings is 1. The molecule has 1 amide bonds. The zero-order chi connectivity index (χ0) is 19.2. The van der Waals surface area contributed by atoms with Crippen LogP contribution in [-0.4, -0.2) is 38.0 Å². The lowest BCUT2D eigenvalue weighted by Crippen LogP contribution is -2.36. The molecule has 1 aliphatic rings. The van der Waals surface area contributed by atoms with E-state index in [0.717, 1.165) is 36.1 Å². The molecule has 0 bridgehead atoms. The summed E-state index contributed by atoms with van der Waals surface area (Å²) >= 11 is 0.